The van der Waals surface area contributed by atoms with Crippen molar-refractivity contribution < 1.29 is 38.1 Å². The highest BCUT2D eigenvalue weighted by Gasteiger charge is 2.56. The molecule has 1 aromatic heterocycles. The third kappa shape index (κ3) is 7.21. The van der Waals surface area contributed by atoms with Crippen LogP contribution in [0.2, 0.25) is 5.02 Å². The van der Waals surface area contributed by atoms with Crippen LogP contribution in [0.5, 0.6) is 5.75 Å². The van der Waals surface area contributed by atoms with Crippen molar-refractivity contribution in [2.45, 2.75) is 69.8 Å². The third-order valence-electron chi connectivity index (χ3n) is 6.17. The average molecular weight is 600 g/mol. The molecule has 1 aliphatic heterocycles. The van der Waals surface area contributed by atoms with Gasteiger partial charge < -0.3 is 24.2 Å². The number of hydrogen-bond donors (Lipinski definition) is 4. The van der Waals surface area contributed by atoms with E-state index in [1.165, 1.54) is 31.2 Å². The zero-order valence-corrected chi connectivity index (χ0v) is 23.6. The molecule has 1 fully saturated rings. The summed E-state index contributed by atoms with van der Waals surface area (Å²) in [5, 5.41) is 24.7. The summed E-state index contributed by atoms with van der Waals surface area (Å²) in [4.78, 5) is 38.4. The molecule has 4 N–H and O–H groups in total. The van der Waals surface area contributed by atoms with Crippen molar-refractivity contribution in [3.05, 3.63) is 62.4 Å². The minimum absolute atomic E-state index is 0.0754. The maximum Gasteiger partial charge on any atom is 0.459 e. The molecule has 2 unspecified atom stereocenters. The number of nitrogens with zero attached hydrogens (tertiary/aromatic N) is 1. The van der Waals surface area contributed by atoms with Crippen LogP contribution in [0.3, 0.4) is 0 Å². The largest absolute Gasteiger partial charge is 0.461 e. The summed E-state index contributed by atoms with van der Waals surface area (Å²) in [5.74, 6) is 1.39. The molecule has 15 heteroatoms. The Morgan fingerprint density at radius 1 is 1.30 bits per heavy atom. The number of terminal acetylenes is 1. The Labute approximate surface area is 235 Å². The fourth-order valence-corrected chi connectivity index (χ4v) is 5.49. The van der Waals surface area contributed by atoms with Gasteiger partial charge in [0, 0.05) is 17.3 Å². The first-order valence-electron chi connectivity index (χ1n) is 12.4. The summed E-state index contributed by atoms with van der Waals surface area (Å²) in [6, 6.07) is 5.65. The molecule has 0 aliphatic carbocycles. The number of aromatic nitrogens is 2. The van der Waals surface area contributed by atoms with Crippen molar-refractivity contribution in [3.8, 4) is 18.1 Å². The molecule has 0 saturated carbocycles. The van der Waals surface area contributed by atoms with E-state index in [1.807, 2.05) is 24.8 Å². The molecule has 1 saturated heterocycles. The van der Waals surface area contributed by atoms with Crippen LogP contribution in [-0.2, 0) is 23.4 Å². The summed E-state index contributed by atoms with van der Waals surface area (Å²) in [6.07, 6.45) is 2.43. The summed E-state index contributed by atoms with van der Waals surface area (Å²) >= 11 is 5.91. The molecule has 1 aliphatic rings. The highest BCUT2D eigenvalue weighted by atomic mass is 35.5. The topological polar surface area (TPSA) is 178 Å². The van der Waals surface area contributed by atoms with Gasteiger partial charge in [-0.3, -0.25) is 23.7 Å². The van der Waals surface area contributed by atoms with Crippen molar-refractivity contribution >= 4 is 25.3 Å². The van der Waals surface area contributed by atoms with Crippen molar-refractivity contribution in [2.24, 2.45) is 0 Å². The lowest BCUT2D eigenvalue weighted by atomic mass is 9.95. The van der Waals surface area contributed by atoms with E-state index in [1.54, 1.807) is 0 Å². The van der Waals surface area contributed by atoms with E-state index in [0.29, 0.717) is 17.9 Å². The number of benzene rings is 1. The van der Waals surface area contributed by atoms with Crippen LogP contribution < -0.4 is 20.9 Å². The van der Waals surface area contributed by atoms with E-state index < -0.39 is 61.7 Å². The smallest absolute Gasteiger partial charge is 0.459 e. The lowest BCUT2D eigenvalue weighted by Crippen LogP contribution is -2.48. The number of nitrogens with one attached hydrogen (secondary N) is 2. The predicted octanol–water partition coefficient (Wildman–Crippen LogP) is 1.73. The van der Waals surface area contributed by atoms with Gasteiger partial charge in [0.15, 0.2) is 11.8 Å². The molecule has 3 rings (SSSR count). The number of H-pyrrole nitrogens is 1. The number of ether oxygens (including phenoxy) is 2. The van der Waals surface area contributed by atoms with Crippen LogP contribution in [0.1, 0.15) is 39.8 Å². The van der Waals surface area contributed by atoms with Gasteiger partial charge in [-0.2, -0.15) is 5.09 Å². The Balaban J connectivity index is 1.84. The maximum atomic E-state index is 13.8. The minimum atomic E-state index is -4.40. The molecule has 0 spiro atoms. The Hall–Kier alpha value is -2.95. The number of aliphatic hydroxyl groups is 2. The Kier molecular flexibility index (Phi) is 10.4. The zero-order valence-electron chi connectivity index (χ0n) is 22.0. The van der Waals surface area contributed by atoms with Gasteiger partial charge in [-0.25, -0.2) is 9.36 Å². The SMILES string of the molecule is C#C[C@@]1(O)[C@H](O)[C@@H](COP(=O)(NC(C)C(=O)OC(CC)CC)Oc2ccc(Cl)cc2)O[C@H]1n1ccc(=O)[nH]c1=O. The second kappa shape index (κ2) is 13.1. The van der Waals surface area contributed by atoms with Crippen LogP contribution >= 0.6 is 19.3 Å². The van der Waals surface area contributed by atoms with E-state index in [2.05, 4.69) is 5.09 Å². The van der Waals surface area contributed by atoms with Gasteiger partial charge in [-0.05, 0) is 44.0 Å². The van der Waals surface area contributed by atoms with E-state index in [4.69, 9.17) is 36.5 Å². The van der Waals surface area contributed by atoms with Crippen molar-refractivity contribution in [1.29, 1.82) is 0 Å². The summed E-state index contributed by atoms with van der Waals surface area (Å²) in [5.41, 5.74) is -4.09. The van der Waals surface area contributed by atoms with Gasteiger partial charge in [-0.1, -0.05) is 31.4 Å². The number of hydrogen-bond acceptors (Lipinski definition) is 10. The third-order valence-corrected chi connectivity index (χ3v) is 8.06. The zero-order chi connectivity index (χ0) is 29.7. The van der Waals surface area contributed by atoms with Gasteiger partial charge in [0.25, 0.3) is 5.56 Å². The van der Waals surface area contributed by atoms with E-state index in [9.17, 15) is 29.2 Å². The van der Waals surface area contributed by atoms with Crippen LogP contribution in [0.15, 0.2) is 46.1 Å². The molecular formula is C25H31ClN3O10P. The van der Waals surface area contributed by atoms with E-state index >= 15 is 0 Å². The molecule has 0 amide bonds. The van der Waals surface area contributed by atoms with Gasteiger partial charge in [0.2, 0.25) is 0 Å². The van der Waals surface area contributed by atoms with Gasteiger partial charge in [0.05, 0.1) is 6.61 Å². The van der Waals surface area contributed by atoms with E-state index in [-0.39, 0.29) is 11.9 Å². The highest BCUT2D eigenvalue weighted by Crippen LogP contribution is 2.47. The maximum absolute atomic E-state index is 13.8. The number of rotatable bonds is 12. The lowest BCUT2D eigenvalue weighted by molar-refractivity contribution is -0.151. The second-order valence-electron chi connectivity index (χ2n) is 9.02. The number of esters is 1. The number of halogens is 1. The van der Waals surface area contributed by atoms with Crippen molar-refractivity contribution in [3.63, 3.8) is 0 Å². The highest BCUT2D eigenvalue weighted by molar-refractivity contribution is 7.52. The van der Waals surface area contributed by atoms with Gasteiger partial charge >= 0.3 is 19.4 Å². The predicted molar refractivity (Wildman–Crippen MR) is 144 cm³/mol. The molecule has 6 atom stereocenters. The molecule has 218 valence electrons. The summed E-state index contributed by atoms with van der Waals surface area (Å²) in [7, 11) is -4.40. The van der Waals surface area contributed by atoms with Crippen molar-refractivity contribution in [1.82, 2.24) is 14.6 Å². The minimum Gasteiger partial charge on any atom is -0.461 e. The first kappa shape index (κ1) is 31.6. The van der Waals surface area contributed by atoms with Crippen LogP contribution in [0.25, 0.3) is 0 Å². The van der Waals surface area contributed by atoms with Gasteiger partial charge in [0.1, 0.15) is 30.1 Å². The van der Waals surface area contributed by atoms with Crippen LogP contribution in [0.4, 0.5) is 0 Å². The van der Waals surface area contributed by atoms with E-state index in [0.717, 1.165) is 16.8 Å². The Bertz CT molecular complexity index is 1390. The summed E-state index contributed by atoms with van der Waals surface area (Å²) in [6.45, 7) is 4.44. The first-order chi connectivity index (χ1) is 18.9. The quantitative estimate of drug-likeness (QED) is 0.159. The Morgan fingerprint density at radius 3 is 2.52 bits per heavy atom. The fraction of sp³-hybridized carbons (Fsp3) is 0.480. The molecule has 0 radical (unpaired) electrons. The molecule has 1 aromatic carbocycles. The first-order valence-corrected chi connectivity index (χ1v) is 14.3. The number of carbonyl (C=O) groups excluding carboxylic acids is 1. The molecule has 13 nitrogen and oxygen atoms in total. The lowest BCUT2D eigenvalue weighted by Gasteiger charge is -2.26. The number of aliphatic hydroxyl groups excluding tert-OH is 1. The molecule has 2 heterocycles. The van der Waals surface area contributed by atoms with Gasteiger partial charge in [-0.15, -0.1) is 6.42 Å². The van der Waals surface area contributed by atoms with Crippen LogP contribution in [-0.4, -0.2) is 62.3 Å². The molecule has 40 heavy (non-hydrogen) atoms. The standard InChI is InChI=1S/C25H31ClN3O10P/c1-5-17(6-2)37-22(32)15(4)28-40(35,39-18-10-8-16(26)9-11-18)36-14-19-21(31)25(34,7-3)23(38-19)29-13-12-20(30)27-24(29)33/h3,8-13,15,17,19,21,23,31,34H,5-6,14H2,1-2,4H3,(H,28,35)(H,27,30,33)/t15?,19-,21-,23-,25-,40?/m1/s1. The number of aromatic amines is 1. The average Bonchev–Trinajstić information content (AvgIpc) is 3.17. The molecule has 0 bridgehead atoms. The second-order valence-corrected chi connectivity index (χ2v) is 11.2. The summed E-state index contributed by atoms with van der Waals surface area (Å²) < 4.78 is 36.8. The fourth-order valence-electron chi connectivity index (χ4n) is 3.86. The van der Waals surface area contributed by atoms with Crippen molar-refractivity contribution in [2.75, 3.05) is 6.61 Å². The number of carbonyl (C=O) groups is 1. The molecular weight excluding hydrogens is 569 g/mol. The van der Waals surface area contributed by atoms with Crippen LogP contribution in [0, 0.1) is 12.3 Å². The Morgan fingerprint density at radius 2 is 1.95 bits per heavy atom. The normalized spacial score (nSPS) is 24.7. The molecule has 2 aromatic rings. The monoisotopic (exact) mass is 599 g/mol.